The zero-order valence-corrected chi connectivity index (χ0v) is 17.0. The fourth-order valence-corrected chi connectivity index (χ4v) is 4.02. The van der Waals surface area contributed by atoms with Gasteiger partial charge in [-0.2, -0.15) is 0 Å². The Hall–Kier alpha value is -3.19. The number of benzene rings is 2. The lowest BCUT2D eigenvalue weighted by atomic mass is 9.93. The van der Waals surface area contributed by atoms with Gasteiger partial charge in [0.1, 0.15) is 11.6 Å². The van der Waals surface area contributed by atoms with Crippen LogP contribution in [-0.2, 0) is 4.79 Å². The summed E-state index contributed by atoms with van der Waals surface area (Å²) in [6.45, 7) is 3.71. The Morgan fingerprint density at radius 1 is 1.10 bits per heavy atom. The number of aromatic nitrogens is 1. The third-order valence-electron chi connectivity index (χ3n) is 5.49. The largest absolute Gasteiger partial charge is 0.440 e. The Bertz CT molecular complexity index is 976. The molecule has 1 saturated heterocycles. The van der Waals surface area contributed by atoms with Gasteiger partial charge in [0, 0.05) is 12.5 Å². The molecule has 3 amide bonds. The van der Waals surface area contributed by atoms with Crippen molar-refractivity contribution in [3.63, 3.8) is 0 Å². The van der Waals surface area contributed by atoms with Crippen molar-refractivity contribution in [3.8, 4) is 0 Å². The Kier molecular flexibility index (Phi) is 6.09. The maximum Gasteiger partial charge on any atom is 0.321 e. The molecule has 1 fully saturated rings. The van der Waals surface area contributed by atoms with E-state index in [1.165, 1.54) is 0 Å². The number of likely N-dealkylation sites (tertiary alicyclic amines) is 1. The minimum atomic E-state index is -0.515. The van der Waals surface area contributed by atoms with Crippen LogP contribution in [0.15, 0.2) is 59.0 Å². The smallest absolute Gasteiger partial charge is 0.321 e. The number of rotatable bonds is 5. The van der Waals surface area contributed by atoms with Crippen LogP contribution in [0.3, 0.4) is 0 Å². The highest BCUT2D eigenvalue weighted by atomic mass is 16.3. The van der Waals surface area contributed by atoms with E-state index in [1.807, 2.05) is 61.5 Å². The minimum Gasteiger partial charge on any atom is -0.440 e. The number of carbonyl (C=O) groups excluding carboxylic acids is 2. The Labute approximate surface area is 175 Å². The number of imide groups is 1. The normalized spacial score (nSPS) is 16.3. The summed E-state index contributed by atoms with van der Waals surface area (Å²) in [5.74, 6) is 0.669. The van der Waals surface area contributed by atoms with Gasteiger partial charge in [0.05, 0.1) is 0 Å². The molecule has 7 nitrogen and oxygen atoms in total. The molecule has 2 N–H and O–H groups in total. The molecular formula is C23H26N4O3. The van der Waals surface area contributed by atoms with Gasteiger partial charge >= 0.3 is 6.03 Å². The van der Waals surface area contributed by atoms with Crippen molar-refractivity contribution in [2.45, 2.75) is 31.7 Å². The average molecular weight is 406 g/mol. The lowest BCUT2D eigenvalue weighted by molar-refractivity contribution is -0.126. The van der Waals surface area contributed by atoms with Gasteiger partial charge in [-0.25, -0.2) is 9.78 Å². The third-order valence-corrected chi connectivity index (χ3v) is 5.49. The van der Waals surface area contributed by atoms with Crippen molar-refractivity contribution in [1.82, 2.24) is 20.5 Å². The van der Waals surface area contributed by atoms with Crippen molar-refractivity contribution in [3.05, 3.63) is 66.1 Å². The second-order valence-electron chi connectivity index (χ2n) is 7.49. The van der Waals surface area contributed by atoms with Crippen LogP contribution in [0.1, 0.15) is 43.2 Å². The molecule has 2 aromatic carbocycles. The van der Waals surface area contributed by atoms with Gasteiger partial charge in [0.25, 0.3) is 0 Å². The molecule has 1 atom stereocenters. The molecule has 0 bridgehead atoms. The van der Waals surface area contributed by atoms with E-state index in [9.17, 15) is 9.59 Å². The second kappa shape index (κ2) is 9.09. The van der Waals surface area contributed by atoms with Crippen LogP contribution in [0, 0.1) is 0 Å². The number of nitrogens with one attached hydrogen (secondary N) is 2. The SMILES string of the molecule is CCNC(=O)NC(=O)C(c1ccccc1)N1CCC(c2nc3ccccc3o2)CC1. The van der Waals surface area contributed by atoms with Crippen molar-refractivity contribution >= 4 is 23.0 Å². The highest BCUT2D eigenvalue weighted by Crippen LogP contribution is 2.33. The molecule has 0 aliphatic carbocycles. The number of para-hydroxylation sites is 2. The lowest BCUT2D eigenvalue weighted by Gasteiger charge is -2.36. The number of nitrogens with zero attached hydrogens (tertiary/aromatic N) is 2. The first-order chi connectivity index (χ1) is 14.7. The minimum absolute atomic E-state index is 0.219. The van der Waals surface area contributed by atoms with E-state index in [-0.39, 0.29) is 11.8 Å². The van der Waals surface area contributed by atoms with Gasteiger partial charge in [-0.05, 0) is 50.6 Å². The first-order valence-electron chi connectivity index (χ1n) is 10.4. The van der Waals surface area contributed by atoms with E-state index in [2.05, 4.69) is 20.5 Å². The Morgan fingerprint density at radius 2 is 1.80 bits per heavy atom. The molecule has 2 heterocycles. The summed E-state index contributed by atoms with van der Waals surface area (Å²) in [4.78, 5) is 31.6. The number of urea groups is 1. The van der Waals surface area contributed by atoms with Crippen LogP contribution in [0.25, 0.3) is 11.1 Å². The highest BCUT2D eigenvalue weighted by Gasteiger charge is 2.33. The van der Waals surface area contributed by atoms with Crippen molar-refractivity contribution < 1.29 is 14.0 Å². The van der Waals surface area contributed by atoms with Crippen molar-refractivity contribution in [2.75, 3.05) is 19.6 Å². The summed E-state index contributed by atoms with van der Waals surface area (Å²) in [5.41, 5.74) is 2.55. The maximum atomic E-state index is 13.0. The number of oxazole rings is 1. The molecule has 0 spiro atoms. The van der Waals surface area contributed by atoms with Gasteiger partial charge in [-0.3, -0.25) is 15.0 Å². The summed E-state index contributed by atoms with van der Waals surface area (Å²) in [6.07, 6.45) is 1.68. The van der Waals surface area contributed by atoms with Gasteiger partial charge in [0.15, 0.2) is 11.5 Å². The highest BCUT2D eigenvalue weighted by molar-refractivity contribution is 5.97. The maximum absolute atomic E-state index is 13.0. The standard InChI is InChI=1S/C23H26N4O3/c1-2-24-23(29)26-21(28)20(16-8-4-3-5-9-16)27-14-12-17(13-15-27)22-25-18-10-6-7-11-19(18)30-22/h3-11,17,20H,2,12-15H2,1H3,(H2,24,26,28,29). The average Bonchev–Trinajstić information content (AvgIpc) is 3.19. The Balaban J connectivity index is 1.48. The molecule has 1 aromatic heterocycles. The summed E-state index contributed by atoms with van der Waals surface area (Å²) in [5, 5.41) is 5.09. The zero-order valence-electron chi connectivity index (χ0n) is 17.0. The fourth-order valence-electron chi connectivity index (χ4n) is 4.02. The van der Waals surface area contributed by atoms with Crippen LogP contribution >= 0.6 is 0 Å². The number of piperidine rings is 1. The molecule has 1 unspecified atom stereocenters. The third kappa shape index (κ3) is 4.36. The van der Waals surface area contributed by atoms with Crippen LogP contribution in [-0.4, -0.2) is 41.5 Å². The van der Waals surface area contributed by atoms with Crippen LogP contribution in [0.4, 0.5) is 4.79 Å². The van der Waals surface area contributed by atoms with E-state index in [0.717, 1.165) is 35.4 Å². The quantitative estimate of drug-likeness (QED) is 0.676. The number of hydrogen-bond acceptors (Lipinski definition) is 5. The van der Waals surface area contributed by atoms with Crippen LogP contribution in [0.2, 0.25) is 0 Å². The molecule has 0 saturated carbocycles. The lowest BCUT2D eigenvalue weighted by Crippen LogP contribution is -2.48. The molecule has 7 heteroatoms. The molecule has 1 aliphatic heterocycles. The zero-order chi connectivity index (χ0) is 20.9. The van der Waals surface area contributed by atoms with Crippen molar-refractivity contribution in [1.29, 1.82) is 0 Å². The summed E-state index contributed by atoms with van der Waals surface area (Å²) >= 11 is 0. The van der Waals surface area contributed by atoms with Gasteiger partial charge < -0.3 is 9.73 Å². The summed E-state index contributed by atoms with van der Waals surface area (Å²) in [7, 11) is 0. The van der Waals surface area contributed by atoms with E-state index in [1.54, 1.807) is 0 Å². The first kappa shape index (κ1) is 20.1. The fraction of sp³-hybridized carbons (Fsp3) is 0.348. The number of carbonyl (C=O) groups is 2. The summed E-state index contributed by atoms with van der Waals surface area (Å²) in [6, 6.07) is 16.4. The van der Waals surface area contributed by atoms with Gasteiger partial charge in [0.2, 0.25) is 5.91 Å². The van der Waals surface area contributed by atoms with E-state index in [0.29, 0.717) is 19.6 Å². The number of amides is 3. The topological polar surface area (TPSA) is 87.5 Å². The number of hydrogen-bond donors (Lipinski definition) is 2. The predicted molar refractivity (Wildman–Crippen MR) is 114 cm³/mol. The molecule has 156 valence electrons. The molecule has 0 radical (unpaired) electrons. The van der Waals surface area contributed by atoms with Gasteiger partial charge in [-0.15, -0.1) is 0 Å². The van der Waals surface area contributed by atoms with Crippen molar-refractivity contribution in [2.24, 2.45) is 0 Å². The molecular weight excluding hydrogens is 380 g/mol. The molecule has 30 heavy (non-hydrogen) atoms. The number of fused-ring (bicyclic) bond motifs is 1. The predicted octanol–water partition coefficient (Wildman–Crippen LogP) is 3.59. The molecule has 4 rings (SSSR count). The van der Waals surface area contributed by atoms with E-state index < -0.39 is 12.1 Å². The first-order valence-corrected chi connectivity index (χ1v) is 10.4. The van der Waals surface area contributed by atoms with E-state index >= 15 is 0 Å². The second-order valence-corrected chi connectivity index (χ2v) is 7.49. The monoisotopic (exact) mass is 406 g/mol. The molecule has 3 aromatic rings. The van der Waals surface area contributed by atoms with Crippen LogP contribution in [0.5, 0.6) is 0 Å². The Morgan fingerprint density at radius 3 is 2.50 bits per heavy atom. The van der Waals surface area contributed by atoms with Gasteiger partial charge in [-0.1, -0.05) is 42.5 Å². The van der Waals surface area contributed by atoms with Crippen LogP contribution < -0.4 is 10.6 Å². The van der Waals surface area contributed by atoms with E-state index in [4.69, 9.17) is 4.42 Å². The molecule has 1 aliphatic rings. The summed E-state index contributed by atoms with van der Waals surface area (Å²) < 4.78 is 5.95.